The fourth-order valence-corrected chi connectivity index (χ4v) is 3.08. The molecule has 160 valence electrons. The molecule has 0 atom stereocenters. The van der Waals surface area contributed by atoms with E-state index < -0.39 is 17.6 Å². The van der Waals surface area contributed by atoms with Gasteiger partial charge in [0.2, 0.25) is 0 Å². The highest BCUT2D eigenvalue weighted by Crippen LogP contribution is 2.30. The number of ether oxygens (including phenoxy) is 1. The summed E-state index contributed by atoms with van der Waals surface area (Å²) in [5, 5.41) is 2.68. The van der Waals surface area contributed by atoms with E-state index in [1.54, 1.807) is 23.1 Å². The first-order valence-corrected chi connectivity index (χ1v) is 9.65. The lowest BCUT2D eigenvalue weighted by molar-refractivity contribution is -0.137. The number of amides is 2. The van der Waals surface area contributed by atoms with E-state index in [0.717, 1.165) is 36.2 Å². The Balaban J connectivity index is 1.73. The molecule has 2 aromatic carbocycles. The molecule has 2 amide bonds. The third-order valence-electron chi connectivity index (χ3n) is 4.83. The molecule has 1 heterocycles. The summed E-state index contributed by atoms with van der Waals surface area (Å²) in [6.07, 6.45) is -3.59. The molecular formula is C22H23F3N2O3. The van der Waals surface area contributed by atoms with E-state index in [0.29, 0.717) is 30.4 Å². The number of halogens is 3. The van der Waals surface area contributed by atoms with Gasteiger partial charge in [0.15, 0.2) is 6.61 Å². The highest BCUT2D eigenvalue weighted by molar-refractivity contribution is 6.04. The third-order valence-corrected chi connectivity index (χ3v) is 4.83. The quantitative estimate of drug-likeness (QED) is 0.761. The van der Waals surface area contributed by atoms with Crippen LogP contribution in [0.25, 0.3) is 0 Å². The summed E-state index contributed by atoms with van der Waals surface area (Å²) < 4.78 is 43.6. The number of rotatable bonds is 5. The highest BCUT2D eigenvalue weighted by atomic mass is 19.4. The molecule has 0 saturated heterocycles. The minimum absolute atomic E-state index is 0.0393. The van der Waals surface area contributed by atoms with Crippen molar-refractivity contribution < 1.29 is 27.5 Å². The zero-order valence-electron chi connectivity index (χ0n) is 16.8. The van der Waals surface area contributed by atoms with E-state index >= 15 is 0 Å². The average molecular weight is 420 g/mol. The summed E-state index contributed by atoms with van der Waals surface area (Å²) in [5.41, 5.74) is 0.533. The molecule has 0 spiro atoms. The molecule has 5 nitrogen and oxygen atoms in total. The Morgan fingerprint density at radius 2 is 1.87 bits per heavy atom. The predicted molar refractivity (Wildman–Crippen MR) is 106 cm³/mol. The molecule has 2 aromatic rings. The Bertz CT molecular complexity index is 924. The molecule has 1 N–H and O–H groups in total. The molecule has 0 aliphatic carbocycles. The van der Waals surface area contributed by atoms with Crippen LogP contribution < -0.4 is 10.1 Å². The van der Waals surface area contributed by atoms with Crippen molar-refractivity contribution in [2.45, 2.75) is 33.0 Å². The number of hydrogen-bond acceptors (Lipinski definition) is 3. The Kier molecular flexibility index (Phi) is 6.34. The summed E-state index contributed by atoms with van der Waals surface area (Å²) in [4.78, 5) is 26.4. The summed E-state index contributed by atoms with van der Waals surface area (Å²) in [7, 11) is 0. The van der Waals surface area contributed by atoms with Crippen LogP contribution in [-0.4, -0.2) is 29.9 Å². The fourth-order valence-electron chi connectivity index (χ4n) is 3.08. The molecule has 0 saturated carbocycles. The second kappa shape index (κ2) is 8.77. The monoisotopic (exact) mass is 420 g/mol. The number of alkyl halides is 3. The van der Waals surface area contributed by atoms with Crippen molar-refractivity contribution in [1.29, 1.82) is 0 Å². The molecule has 30 heavy (non-hydrogen) atoms. The lowest BCUT2D eigenvalue weighted by Gasteiger charge is -2.21. The summed E-state index contributed by atoms with van der Waals surface area (Å²) in [6.45, 7) is 5.11. The molecule has 1 aliphatic rings. The number of nitrogens with one attached hydrogen (secondary N) is 1. The maximum absolute atomic E-state index is 12.7. The van der Waals surface area contributed by atoms with E-state index in [1.807, 2.05) is 0 Å². The predicted octanol–water partition coefficient (Wildman–Crippen LogP) is 4.72. The number of hydrogen-bond donors (Lipinski definition) is 1. The first-order valence-electron chi connectivity index (χ1n) is 9.65. The maximum atomic E-state index is 12.7. The van der Waals surface area contributed by atoms with E-state index in [2.05, 4.69) is 19.2 Å². The number of carbonyl (C=O) groups excluding carboxylic acids is 2. The number of nitrogens with zero attached hydrogens (tertiary/aromatic N) is 1. The molecule has 0 fully saturated rings. The van der Waals surface area contributed by atoms with Gasteiger partial charge in [0, 0.05) is 29.9 Å². The van der Waals surface area contributed by atoms with Crippen molar-refractivity contribution in [1.82, 2.24) is 4.90 Å². The maximum Gasteiger partial charge on any atom is 0.416 e. The van der Waals surface area contributed by atoms with Gasteiger partial charge in [-0.15, -0.1) is 0 Å². The average Bonchev–Trinajstić information content (AvgIpc) is 2.84. The topological polar surface area (TPSA) is 58.6 Å². The Labute approximate surface area is 172 Å². The number of anilines is 1. The fraction of sp³-hybridized carbons (Fsp3) is 0.364. The first kappa shape index (κ1) is 21.7. The van der Waals surface area contributed by atoms with Crippen molar-refractivity contribution in [2.75, 3.05) is 18.5 Å². The SMILES string of the molecule is CC(C)CCN1Cc2cc(NC(=O)c3ccc(C(F)(F)F)cc3)ccc2OCC1=O. The number of benzene rings is 2. The van der Waals surface area contributed by atoms with Crippen LogP contribution in [0.15, 0.2) is 42.5 Å². The van der Waals surface area contributed by atoms with E-state index in [9.17, 15) is 22.8 Å². The second-order valence-electron chi connectivity index (χ2n) is 7.64. The Morgan fingerprint density at radius 1 is 1.17 bits per heavy atom. The Hall–Kier alpha value is -3.03. The van der Waals surface area contributed by atoms with Crippen LogP contribution in [0.3, 0.4) is 0 Å². The van der Waals surface area contributed by atoms with Gasteiger partial charge in [-0.2, -0.15) is 13.2 Å². The van der Waals surface area contributed by atoms with Gasteiger partial charge in [0.1, 0.15) is 5.75 Å². The van der Waals surface area contributed by atoms with Crippen LogP contribution in [0.2, 0.25) is 0 Å². The summed E-state index contributed by atoms with van der Waals surface area (Å²) in [6, 6.07) is 9.05. The van der Waals surface area contributed by atoms with Gasteiger partial charge in [-0.1, -0.05) is 13.8 Å². The van der Waals surface area contributed by atoms with Gasteiger partial charge < -0.3 is 15.0 Å². The van der Waals surface area contributed by atoms with Crippen molar-refractivity contribution in [3.8, 4) is 5.75 Å². The molecule has 0 unspecified atom stereocenters. The van der Waals surface area contributed by atoms with Crippen molar-refractivity contribution in [3.63, 3.8) is 0 Å². The van der Waals surface area contributed by atoms with Crippen LogP contribution in [0.5, 0.6) is 5.75 Å². The number of fused-ring (bicyclic) bond motifs is 1. The van der Waals surface area contributed by atoms with Crippen LogP contribution >= 0.6 is 0 Å². The molecule has 1 aliphatic heterocycles. The molecule has 3 rings (SSSR count). The van der Waals surface area contributed by atoms with Crippen LogP contribution in [-0.2, 0) is 17.5 Å². The zero-order valence-corrected chi connectivity index (χ0v) is 16.8. The van der Waals surface area contributed by atoms with Gasteiger partial charge in [-0.05, 0) is 54.8 Å². The van der Waals surface area contributed by atoms with Crippen molar-refractivity contribution >= 4 is 17.5 Å². The minimum atomic E-state index is -4.45. The molecule has 0 bridgehead atoms. The lowest BCUT2D eigenvalue weighted by atomic mass is 10.1. The van der Waals surface area contributed by atoms with Gasteiger partial charge >= 0.3 is 6.18 Å². The van der Waals surface area contributed by atoms with E-state index in [4.69, 9.17) is 4.74 Å². The lowest BCUT2D eigenvalue weighted by Crippen LogP contribution is -2.33. The van der Waals surface area contributed by atoms with Crippen LogP contribution in [0.4, 0.5) is 18.9 Å². The van der Waals surface area contributed by atoms with Crippen molar-refractivity contribution in [2.24, 2.45) is 5.92 Å². The van der Waals surface area contributed by atoms with Gasteiger partial charge in [-0.25, -0.2) is 0 Å². The highest BCUT2D eigenvalue weighted by Gasteiger charge is 2.30. The summed E-state index contributed by atoms with van der Waals surface area (Å²) >= 11 is 0. The molecule has 0 aromatic heterocycles. The standard InChI is InChI=1S/C22H23F3N2O3/c1-14(2)9-10-27-12-16-11-18(7-8-19(16)30-13-20(27)28)26-21(29)15-3-5-17(6-4-15)22(23,24)25/h3-8,11,14H,9-10,12-13H2,1-2H3,(H,26,29). The molecule has 0 radical (unpaired) electrons. The van der Waals surface area contributed by atoms with Crippen LogP contribution in [0, 0.1) is 5.92 Å². The summed E-state index contributed by atoms with van der Waals surface area (Å²) in [5.74, 6) is 0.409. The molecule has 8 heteroatoms. The molecular weight excluding hydrogens is 397 g/mol. The first-order chi connectivity index (χ1) is 14.1. The van der Waals surface area contributed by atoms with Crippen molar-refractivity contribution in [3.05, 3.63) is 59.2 Å². The second-order valence-corrected chi connectivity index (χ2v) is 7.64. The zero-order chi connectivity index (χ0) is 21.9. The number of carbonyl (C=O) groups is 2. The van der Waals surface area contributed by atoms with Gasteiger partial charge in [-0.3, -0.25) is 9.59 Å². The third kappa shape index (κ3) is 5.31. The van der Waals surface area contributed by atoms with E-state index in [-0.39, 0.29) is 18.1 Å². The normalized spacial score (nSPS) is 14.2. The van der Waals surface area contributed by atoms with Crippen LogP contribution in [0.1, 0.15) is 41.8 Å². The minimum Gasteiger partial charge on any atom is -0.483 e. The Morgan fingerprint density at radius 3 is 2.50 bits per heavy atom. The van der Waals surface area contributed by atoms with Gasteiger partial charge in [0.05, 0.1) is 5.56 Å². The van der Waals surface area contributed by atoms with Gasteiger partial charge in [0.25, 0.3) is 11.8 Å². The largest absolute Gasteiger partial charge is 0.483 e. The van der Waals surface area contributed by atoms with E-state index in [1.165, 1.54) is 0 Å². The smallest absolute Gasteiger partial charge is 0.416 e.